The Balaban J connectivity index is 0.00000280. The molecule has 1 fully saturated rings. The van der Waals surface area contributed by atoms with Crippen molar-refractivity contribution in [3.8, 4) is 0 Å². The highest BCUT2D eigenvalue weighted by Gasteiger charge is 2.23. The second kappa shape index (κ2) is 9.36. The molecule has 0 aromatic heterocycles. The normalized spacial score (nSPS) is 19.4. The van der Waals surface area contributed by atoms with Crippen LogP contribution in [0.25, 0.3) is 0 Å². The van der Waals surface area contributed by atoms with Crippen molar-refractivity contribution in [1.29, 1.82) is 0 Å². The number of amides is 1. The van der Waals surface area contributed by atoms with Gasteiger partial charge in [-0.2, -0.15) is 0 Å². The summed E-state index contributed by atoms with van der Waals surface area (Å²) >= 11 is 0. The summed E-state index contributed by atoms with van der Waals surface area (Å²) in [4.78, 5) is 12.4. The number of nitrogens with one attached hydrogen (secondary N) is 3. The van der Waals surface area contributed by atoms with Gasteiger partial charge in [0.2, 0.25) is 0 Å². The second-order valence-electron chi connectivity index (χ2n) is 6.60. The molecule has 0 spiro atoms. The first-order valence-corrected chi connectivity index (χ1v) is 10.3. The molecule has 2 aromatic carbocycles. The molecule has 1 aliphatic rings. The third-order valence-electron chi connectivity index (χ3n) is 4.60. The molecular weight excluding hydrogens is 405 g/mol. The number of piperidine rings is 1. The number of sulfonamides is 1. The topological polar surface area (TPSA) is 87.3 Å². The third kappa shape index (κ3) is 5.43. The Kier molecular flexibility index (Phi) is 7.40. The lowest BCUT2D eigenvalue weighted by Gasteiger charge is -2.30. The first kappa shape index (κ1) is 22.1. The molecule has 3 N–H and O–H groups in total. The van der Waals surface area contributed by atoms with E-state index in [2.05, 4.69) is 15.4 Å². The van der Waals surface area contributed by atoms with E-state index in [9.17, 15) is 17.6 Å². The summed E-state index contributed by atoms with van der Waals surface area (Å²) in [6, 6.07) is 11.0. The molecule has 0 saturated carbocycles. The van der Waals surface area contributed by atoms with Crippen molar-refractivity contribution in [2.75, 3.05) is 11.3 Å². The van der Waals surface area contributed by atoms with Gasteiger partial charge in [-0.3, -0.25) is 9.52 Å². The molecule has 6 nitrogen and oxygen atoms in total. The molecule has 3 rings (SSSR count). The van der Waals surface area contributed by atoms with Crippen LogP contribution in [-0.4, -0.2) is 33.0 Å². The van der Waals surface area contributed by atoms with E-state index in [0.29, 0.717) is 11.3 Å². The average Bonchev–Trinajstić information content (AvgIpc) is 2.64. The Morgan fingerprint density at radius 1 is 1.11 bits per heavy atom. The number of hydrogen-bond acceptors (Lipinski definition) is 4. The minimum atomic E-state index is -3.82. The Bertz CT molecular complexity index is 905. The number of halogens is 2. The zero-order chi connectivity index (χ0) is 19.4. The van der Waals surface area contributed by atoms with Crippen LogP contribution in [0.1, 0.15) is 30.1 Å². The second-order valence-corrected chi connectivity index (χ2v) is 8.28. The molecule has 0 radical (unpaired) electrons. The predicted molar refractivity (Wildman–Crippen MR) is 109 cm³/mol. The van der Waals surface area contributed by atoms with Gasteiger partial charge >= 0.3 is 0 Å². The van der Waals surface area contributed by atoms with Gasteiger partial charge in [-0.1, -0.05) is 0 Å². The van der Waals surface area contributed by atoms with Gasteiger partial charge in [0, 0.05) is 23.3 Å². The van der Waals surface area contributed by atoms with Crippen molar-refractivity contribution >= 4 is 34.0 Å². The van der Waals surface area contributed by atoms with Crippen LogP contribution < -0.4 is 15.4 Å². The first-order chi connectivity index (χ1) is 12.8. The van der Waals surface area contributed by atoms with E-state index < -0.39 is 15.8 Å². The molecule has 2 unspecified atom stereocenters. The van der Waals surface area contributed by atoms with E-state index in [1.165, 1.54) is 24.3 Å². The van der Waals surface area contributed by atoms with Crippen LogP contribution in [0, 0.1) is 5.82 Å². The number of anilines is 1. The summed E-state index contributed by atoms with van der Waals surface area (Å²) in [5.74, 6) is -0.699. The van der Waals surface area contributed by atoms with Crippen molar-refractivity contribution in [3.63, 3.8) is 0 Å². The van der Waals surface area contributed by atoms with Gasteiger partial charge in [-0.25, -0.2) is 12.8 Å². The van der Waals surface area contributed by atoms with Crippen molar-refractivity contribution < 1.29 is 17.6 Å². The number of hydrogen-bond donors (Lipinski definition) is 3. The van der Waals surface area contributed by atoms with E-state index in [1.54, 1.807) is 12.1 Å². The van der Waals surface area contributed by atoms with Gasteiger partial charge in [0.15, 0.2) is 0 Å². The maximum Gasteiger partial charge on any atom is 0.261 e. The zero-order valence-corrected chi connectivity index (χ0v) is 16.9. The molecular formula is C19H23ClFN3O3S. The minimum Gasteiger partial charge on any atom is -0.348 e. The standard InChI is InChI=1S/C19H22FN3O3S.ClH/c1-13-18(3-2-12-21-13)22-19(24)14-4-8-16(9-5-14)23-27(25,26)17-10-6-15(20)7-11-17;/h4-11,13,18,21,23H,2-3,12H2,1H3,(H,22,24);1H. The number of carbonyl (C=O) groups is 1. The molecule has 2 atom stereocenters. The highest BCUT2D eigenvalue weighted by atomic mass is 35.5. The van der Waals surface area contributed by atoms with Gasteiger partial charge in [0.1, 0.15) is 5.82 Å². The van der Waals surface area contributed by atoms with Crippen LogP contribution >= 0.6 is 12.4 Å². The fourth-order valence-electron chi connectivity index (χ4n) is 3.01. The van der Waals surface area contributed by atoms with Gasteiger partial charge in [-0.15, -0.1) is 12.4 Å². The SMILES string of the molecule is CC1NCCCC1NC(=O)c1ccc(NS(=O)(=O)c2ccc(F)cc2)cc1.Cl. The Morgan fingerprint density at radius 2 is 1.75 bits per heavy atom. The van der Waals surface area contributed by atoms with Crippen LogP contribution in [0.15, 0.2) is 53.4 Å². The lowest BCUT2D eigenvalue weighted by atomic mass is 9.99. The lowest BCUT2D eigenvalue weighted by molar-refractivity contribution is 0.0920. The van der Waals surface area contributed by atoms with E-state index in [4.69, 9.17) is 0 Å². The maximum absolute atomic E-state index is 13.0. The van der Waals surface area contributed by atoms with Crippen LogP contribution in [0.5, 0.6) is 0 Å². The monoisotopic (exact) mass is 427 g/mol. The summed E-state index contributed by atoms with van der Waals surface area (Å²) < 4.78 is 40.0. The van der Waals surface area contributed by atoms with Crippen molar-refractivity contribution in [2.45, 2.75) is 36.7 Å². The number of benzene rings is 2. The Hall–Kier alpha value is -2.16. The highest BCUT2D eigenvalue weighted by molar-refractivity contribution is 7.92. The third-order valence-corrected chi connectivity index (χ3v) is 6.00. The Morgan fingerprint density at radius 3 is 2.36 bits per heavy atom. The van der Waals surface area contributed by atoms with Gasteiger partial charge in [0.05, 0.1) is 4.90 Å². The van der Waals surface area contributed by atoms with E-state index in [-0.39, 0.29) is 35.3 Å². The molecule has 2 aromatic rings. The molecule has 1 aliphatic heterocycles. The largest absolute Gasteiger partial charge is 0.348 e. The van der Waals surface area contributed by atoms with Gasteiger partial charge < -0.3 is 10.6 Å². The van der Waals surface area contributed by atoms with Crippen LogP contribution in [-0.2, 0) is 10.0 Å². The number of carbonyl (C=O) groups excluding carboxylic acids is 1. The van der Waals surface area contributed by atoms with E-state index >= 15 is 0 Å². The fraction of sp³-hybridized carbons (Fsp3) is 0.316. The van der Waals surface area contributed by atoms with Gasteiger partial charge in [-0.05, 0) is 74.8 Å². The molecule has 1 heterocycles. The summed E-state index contributed by atoms with van der Waals surface area (Å²) in [5.41, 5.74) is 0.779. The molecule has 1 amide bonds. The average molecular weight is 428 g/mol. The quantitative estimate of drug-likeness (QED) is 0.684. The molecule has 9 heteroatoms. The predicted octanol–water partition coefficient (Wildman–Crippen LogP) is 2.92. The molecule has 0 aliphatic carbocycles. The molecule has 1 saturated heterocycles. The summed E-state index contributed by atoms with van der Waals surface area (Å²) in [5, 5.41) is 6.34. The van der Waals surface area contributed by atoms with Crippen LogP contribution in [0.4, 0.5) is 10.1 Å². The van der Waals surface area contributed by atoms with E-state index in [0.717, 1.165) is 31.5 Å². The smallest absolute Gasteiger partial charge is 0.261 e. The van der Waals surface area contributed by atoms with Crippen LogP contribution in [0.2, 0.25) is 0 Å². The number of rotatable bonds is 5. The first-order valence-electron chi connectivity index (χ1n) is 8.78. The lowest BCUT2D eigenvalue weighted by Crippen LogP contribution is -2.51. The summed E-state index contributed by atoms with van der Waals surface area (Å²) in [7, 11) is -3.82. The van der Waals surface area contributed by atoms with Crippen molar-refractivity contribution in [1.82, 2.24) is 10.6 Å². The summed E-state index contributed by atoms with van der Waals surface area (Å²) in [6.07, 6.45) is 1.94. The highest BCUT2D eigenvalue weighted by Crippen LogP contribution is 2.17. The molecule has 28 heavy (non-hydrogen) atoms. The Labute approximate surface area is 170 Å². The minimum absolute atomic E-state index is 0. The fourth-order valence-corrected chi connectivity index (χ4v) is 4.07. The van der Waals surface area contributed by atoms with Crippen molar-refractivity contribution in [3.05, 3.63) is 59.9 Å². The molecule has 0 bridgehead atoms. The van der Waals surface area contributed by atoms with Crippen LogP contribution in [0.3, 0.4) is 0 Å². The summed E-state index contributed by atoms with van der Waals surface area (Å²) in [6.45, 7) is 2.99. The zero-order valence-electron chi connectivity index (χ0n) is 15.3. The van der Waals surface area contributed by atoms with Crippen molar-refractivity contribution in [2.24, 2.45) is 0 Å². The molecule has 152 valence electrons. The van der Waals surface area contributed by atoms with Gasteiger partial charge in [0.25, 0.3) is 15.9 Å². The van der Waals surface area contributed by atoms with E-state index in [1.807, 2.05) is 6.92 Å². The maximum atomic E-state index is 13.0.